The van der Waals surface area contributed by atoms with Crippen LogP contribution in [0.2, 0.25) is 0 Å². The van der Waals surface area contributed by atoms with Crippen molar-refractivity contribution in [3.05, 3.63) is 36.0 Å². The Morgan fingerprint density at radius 3 is 2.68 bits per heavy atom. The van der Waals surface area contributed by atoms with Gasteiger partial charge in [-0.1, -0.05) is 32.0 Å². The summed E-state index contributed by atoms with van der Waals surface area (Å²) in [4.78, 5) is 28.1. The minimum atomic E-state index is -0.881. The Balaban J connectivity index is 2.10. The van der Waals surface area contributed by atoms with E-state index in [1.54, 1.807) is 4.90 Å². The van der Waals surface area contributed by atoms with Crippen LogP contribution in [0.4, 0.5) is 0 Å². The molecular formula is C17H22N2O3. The summed E-state index contributed by atoms with van der Waals surface area (Å²) in [6.07, 6.45) is 2.12. The van der Waals surface area contributed by atoms with Crippen molar-refractivity contribution >= 4 is 22.8 Å². The van der Waals surface area contributed by atoms with Crippen molar-refractivity contribution in [2.24, 2.45) is 5.92 Å². The molecule has 1 heterocycles. The third kappa shape index (κ3) is 4.10. The Morgan fingerprint density at radius 1 is 1.27 bits per heavy atom. The number of carboxylic acid groups (broad SMARTS) is 1. The number of aromatic amines is 1. The average Bonchev–Trinajstić information content (AvgIpc) is 2.86. The van der Waals surface area contributed by atoms with Crippen molar-refractivity contribution < 1.29 is 14.7 Å². The standard InChI is InChI=1S/C17H22N2O3/c1-12(2)11-19(8-7-17(21)22)16(20)9-13-10-18-15-6-4-3-5-14(13)15/h3-6,10,12,18H,7-9,11H2,1-2H3,(H,21,22). The van der Waals surface area contributed by atoms with Crippen molar-refractivity contribution in [1.82, 2.24) is 9.88 Å². The van der Waals surface area contributed by atoms with Crippen LogP contribution in [0.3, 0.4) is 0 Å². The molecule has 0 fully saturated rings. The smallest absolute Gasteiger partial charge is 0.305 e. The van der Waals surface area contributed by atoms with Gasteiger partial charge in [-0.25, -0.2) is 0 Å². The van der Waals surface area contributed by atoms with Crippen molar-refractivity contribution in [3.63, 3.8) is 0 Å². The second-order valence-electron chi connectivity index (χ2n) is 5.91. The van der Waals surface area contributed by atoms with Crippen LogP contribution in [0.1, 0.15) is 25.8 Å². The molecule has 1 aromatic carbocycles. The van der Waals surface area contributed by atoms with Gasteiger partial charge in [-0.15, -0.1) is 0 Å². The first-order valence-electron chi connectivity index (χ1n) is 7.52. The zero-order valence-electron chi connectivity index (χ0n) is 13.0. The van der Waals surface area contributed by atoms with Gasteiger partial charge in [-0.3, -0.25) is 9.59 Å². The molecule has 0 unspecified atom stereocenters. The minimum Gasteiger partial charge on any atom is -0.481 e. The molecule has 5 nitrogen and oxygen atoms in total. The molecule has 5 heteroatoms. The van der Waals surface area contributed by atoms with Crippen molar-refractivity contribution in [3.8, 4) is 0 Å². The van der Waals surface area contributed by atoms with Crippen LogP contribution in [-0.2, 0) is 16.0 Å². The number of benzene rings is 1. The van der Waals surface area contributed by atoms with Gasteiger partial charge in [-0.05, 0) is 17.5 Å². The molecule has 0 aliphatic rings. The quantitative estimate of drug-likeness (QED) is 0.826. The van der Waals surface area contributed by atoms with Crippen LogP contribution >= 0.6 is 0 Å². The Hall–Kier alpha value is -2.30. The maximum atomic E-state index is 12.5. The summed E-state index contributed by atoms with van der Waals surface area (Å²) in [5, 5.41) is 9.87. The number of nitrogens with zero attached hydrogens (tertiary/aromatic N) is 1. The predicted octanol–water partition coefficient (Wildman–Crippen LogP) is 2.67. The fraction of sp³-hybridized carbons (Fsp3) is 0.412. The number of rotatable bonds is 7. The fourth-order valence-corrected chi connectivity index (χ4v) is 2.54. The van der Waals surface area contributed by atoms with E-state index in [-0.39, 0.29) is 25.3 Å². The third-order valence-corrected chi connectivity index (χ3v) is 3.55. The van der Waals surface area contributed by atoms with Gasteiger partial charge in [0.15, 0.2) is 0 Å². The lowest BCUT2D eigenvalue weighted by atomic mass is 10.1. The van der Waals surface area contributed by atoms with E-state index in [1.807, 2.05) is 44.3 Å². The predicted molar refractivity (Wildman–Crippen MR) is 85.7 cm³/mol. The highest BCUT2D eigenvalue weighted by Gasteiger charge is 2.18. The van der Waals surface area contributed by atoms with Crippen LogP contribution in [0.25, 0.3) is 10.9 Å². The second-order valence-corrected chi connectivity index (χ2v) is 5.91. The summed E-state index contributed by atoms with van der Waals surface area (Å²) in [5.74, 6) is -0.603. The van der Waals surface area contributed by atoms with Gasteiger partial charge < -0.3 is 15.0 Å². The number of nitrogens with one attached hydrogen (secondary N) is 1. The summed E-state index contributed by atoms with van der Waals surface area (Å²) >= 11 is 0. The van der Waals surface area contributed by atoms with E-state index in [0.29, 0.717) is 12.5 Å². The lowest BCUT2D eigenvalue weighted by molar-refractivity contribution is -0.138. The van der Waals surface area contributed by atoms with E-state index in [0.717, 1.165) is 16.5 Å². The molecule has 2 rings (SSSR count). The number of carbonyl (C=O) groups excluding carboxylic acids is 1. The Morgan fingerprint density at radius 2 is 2.00 bits per heavy atom. The van der Waals surface area contributed by atoms with Gasteiger partial charge in [0, 0.05) is 30.2 Å². The topological polar surface area (TPSA) is 73.4 Å². The number of H-pyrrole nitrogens is 1. The second kappa shape index (κ2) is 7.11. The van der Waals surface area contributed by atoms with Crippen molar-refractivity contribution in [2.45, 2.75) is 26.7 Å². The highest BCUT2D eigenvalue weighted by molar-refractivity contribution is 5.89. The van der Waals surface area contributed by atoms with E-state index >= 15 is 0 Å². The summed E-state index contributed by atoms with van der Waals surface area (Å²) in [5.41, 5.74) is 1.95. The first-order valence-corrected chi connectivity index (χ1v) is 7.52. The van der Waals surface area contributed by atoms with Gasteiger partial charge in [0.25, 0.3) is 0 Å². The summed E-state index contributed by atoms with van der Waals surface area (Å²) in [6.45, 7) is 4.88. The van der Waals surface area contributed by atoms with Gasteiger partial charge in [0.2, 0.25) is 5.91 Å². The average molecular weight is 302 g/mol. The molecule has 2 N–H and O–H groups in total. The molecule has 0 radical (unpaired) electrons. The van der Waals surface area contributed by atoms with Crippen LogP contribution < -0.4 is 0 Å². The molecule has 0 saturated carbocycles. The molecule has 0 bridgehead atoms. The first-order chi connectivity index (χ1) is 10.5. The monoisotopic (exact) mass is 302 g/mol. The number of para-hydroxylation sites is 1. The molecule has 0 aliphatic carbocycles. The molecular weight excluding hydrogens is 280 g/mol. The fourth-order valence-electron chi connectivity index (χ4n) is 2.54. The van der Waals surface area contributed by atoms with Crippen molar-refractivity contribution in [2.75, 3.05) is 13.1 Å². The molecule has 22 heavy (non-hydrogen) atoms. The number of aliphatic carboxylic acids is 1. The van der Waals surface area contributed by atoms with Gasteiger partial charge in [0.1, 0.15) is 0 Å². The number of aromatic nitrogens is 1. The maximum Gasteiger partial charge on any atom is 0.305 e. The van der Waals surface area contributed by atoms with E-state index < -0.39 is 5.97 Å². The lowest BCUT2D eigenvalue weighted by Crippen LogP contribution is -2.36. The number of hydrogen-bond donors (Lipinski definition) is 2. The van der Waals surface area contributed by atoms with Crippen molar-refractivity contribution in [1.29, 1.82) is 0 Å². The Labute approximate surface area is 129 Å². The summed E-state index contributed by atoms with van der Waals surface area (Å²) in [6, 6.07) is 7.85. The number of carbonyl (C=O) groups is 2. The van der Waals surface area contributed by atoms with Gasteiger partial charge in [0.05, 0.1) is 12.8 Å². The lowest BCUT2D eigenvalue weighted by Gasteiger charge is -2.24. The number of amides is 1. The molecule has 0 aliphatic heterocycles. The SMILES string of the molecule is CC(C)CN(CCC(=O)O)C(=O)Cc1c[nH]c2ccccc12. The zero-order chi connectivity index (χ0) is 16.1. The van der Waals surface area contributed by atoms with Crippen LogP contribution in [0, 0.1) is 5.92 Å². The molecule has 0 atom stereocenters. The van der Waals surface area contributed by atoms with Crippen LogP contribution in [0.15, 0.2) is 30.5 Å². The van der Waals surface area contributed by atoms with E-state index in [2.05, 4.69) is 4.98 Å². The molecule has 2 aromatic rings. The normalized spacial score (nSPS) is 11.0. The molecule has 0 spiro atoms. The minimum absolute atomic E-state index is 0.0215. The van der Waals surface area contributed by atoms with Gasteiger partial charge >= 0.3 is 5.97 Å². The van der Waals surface area contributed by atoms with Gasteiger partial charge in [-0.2, -0.15) is 0 Å². The number of fused-ring (bicyclic) bond motifs is 1. The largest absolute Gasteiger partial charge is 0.481 e. The van der Waals surface area contributed by atoms with Crippen LogP contribution in [0.5, 0.6) is 0 Å². The molecule has 118 valence electrons. The highest BCUT2D eigenvalue weighted by Crippen LogP contribution is 2.19. The van der Waals surface area contributed by atoms with E-state index in [4.69, 9.17) is 5.11 Å². The number of hydrogen-bond acceptors (Lipinski definition) is 2. The number of carboxylic acids is 1. The summed E-state index contributed by atoms with van der Waals surface area (Å²) < 4.78 is 0. The molecule has 1 aromatic heterocycles. The molecule has 0 saturated heterocycles. The Kier molecular flexibility index (Phi) is 5.20. The zero-order valence-corrected chi connectivity index (χ0v) is 13.0. The molecule has 1 amide bonds. The van der Waals surface area contributed by atoms with E-state index in [1.165, 1.54) is 0 Å². The van der Waals surface area contributed by atoms with Crippen LogP contribution in [-0.4, -0.2) is 40.0 Å². The Bertz CT molecular complexity index is 661. The summed E-state index contributed by atoms with van der Waals surface area (Å²) in [7, 11) is 0. The highest BCUT2D eigenvalue weighted by atomic mass is 16.4. The first kappa shape index (κ1) is 16.1. The third-order valence-electron chi connectivity index (χ3n) is 3.55. The van der Waals surface area contributed by atoms with E-state index in [9.17, 15) is 9.59 Å². The maximum absolute atomic E-state index is 12.5.